The van der Waals surface area contributed by atoms with E-state index in [2.05, 4.69) is 15.0 Å². The summed E-state index contributed by atoms with van der Waals surface area (Å²) in [5.41, 5.74) is 0.745. The molecule has 0 unspecified atom stereocenters. The van der Waals surface area contributed by atoms with E-state index in [0.717, 1.165) is 5.56 Å². The van der Waals surface area contributed by atoms with Gasteiger partial charge in [0.2, 0.25) is 5.95 Å². The average Bonchev–Trinajstić information content (AvgIpc) is 2.27. The standard InChI is InChI=1S/C12H12Cl2N4/c1-7-15-11(17-12(16-7)18(2)3)9-5-4-8(13)6-10(9)14/h4-6H,1-3H3. The van der Waals surface area contributed by atoms with Gasteiger partial charge in [-0.15, -0.1) is 0 Å². The van der Waals surface area contributed by atoms with E-state index >= 15 is 0 Å². The number of anilines is 1. The number of rotatable bonds is 2. The lowest BCUT2D eigenvalue weighted by Crippen LogP contribution is -2.14. The first-order chi connectivity index (χ1) is 8.47. The van der Waals surface area contributed by atoms with E-state index in [9.17, 15) is 0 Å². The highest BCUT2D eigenvalue weighted by Gasteiger charge is 2.11. The maximum Gasteiger partial charge on any atom is 0.228 e. The average molecular weight is 283 g/mol. The van der Waals surface area contributed by atoms with Crippen molar-refractivity contribution in [2.24, 2.45) is 0 Å². The molecule has 1 aromatic heterocycles. The summed E-state index contributed by atoms with van der Waals surface area (Å²) < 4.78 is 0. The number of aryl methyl sites for hydroxylation is 1. The zero-order valence-electron chi connectivity index (χ0n) is 10.3. The first-order valence-corrected chi connectivity index (χ1v) is 6.08. The molecule has 18 heavy (non-hydrogen) atoms. The van der Waals surface area contributed by atoms with Gasteiger partial charge in [-0.05, 0) is 25.1 Å². The Labute approximate surface area is 116 Å². The van der Waals surface area contributed by atoms with Crippen LogP contribution in [0.15, 0.2) is 18.2 Å². The second kappa shape index (κ2) is 5.08. The molecule has 0 bridgehead atoms. The van der Waals surface area contributed by atoms with Crippen LogP contribution in [0.3, 0.4) is 0 Å². The van der Waals surface area contributed by atoms with Gasteiger partial charge in [0.1, 0.15) is 5.82 Å². The smallest absolute Gasteiger partial charge is 0.228 e. The van der Waals surface area contributed by atoms with Crippen LogP contribution >= 0.6 is 23.2 Å². The fourth-order valence-electron chi connectivity index (χ4n) is 1.46. The Morgan fingerprint density at radius 1 is 1.06 bits per heavy atom. The molecule has 0 aliphatic carbocycles. The molecule has 0 amide bonds. The SMILES string of the molecule is Cc1nc(-c2ccc(Cl)cc2Cl)nc(N(C)C)n1. The third kappa shape index (κ3) is 2.71. The summed E-state index contributed by atoms with van der Waals surface area (Å²) in [7, 11) is 3.75. The maximum atomic E-state index is 6.15. The van der Waals surface area contributed by atoms with Crippen LogP contribution in [0.25, 0.3) is 11.4 Å². The van der Waals surface area contributed by atoms with Crippen molar-refractivity contribution in [1.82, 2.24) is 15.0 Å². The number of benzene rings is 1. The monoisotopic (exact) mass is 282 g/mol. The summed E-state index contributed by atoms with van der Waals surface area (Å²) >= 11 is 12.0. The molecule has 0 fully saturated rings. The fraction of sp³-hybridized carbons (Fsp3) is 0.250. The van der Waals surface area contributed by atoms with Crippen LogP contribution < -0.4 is 4.90 Å². The Kier molecular flexibility index (Phi) is 3.68. The van der Waals surface area contributed by atoms with Gasteiger partial charge in [-0.2, -0.15) is 9.97 Å². The number of halogens is 2. The van der Waals surface area contributed by atoms with Gasteiger partial charge in [-0.3, -0.25) is 0 Å². The van der Waals surface area contributed by atoms with Crippen molar-refractivity contribution in [2.45, 2.75) is 6.92 Å². The Balaban J connectivity index is 2.56. The van der Waals surface area contributed by atoms with Crippen molar-refractivity contribution in [3.05, 3.63) is 34.1 Å². The first kappa shape index (κ1) is 13.1. The molecule has 2 rings (SSSR count). The Hall–Kier alpha value is -1.39. The van der Waals surface area contributed by atoms with Crippen LogP contribution in [0.5, 0.6) is 0 Å². The van der Waals surface area contributed by atoms with Crippen LogP contribution in [0.2, 0.25) is 10.0 Å². The van der Waals surface area contributed by atoms with E-state index in [1.54, 1.807) is 18.2 Å². The third-order valence-electron chi connectivity index (χ3n) is 2.31. The minimum absolute atomic E-state index is 0.526. The molecule has 1 aromatic carbocycles. The first-order valence-electron chi connectivity index (χ1n) is 5.33. The molecular formula is C12H12Cl2N4. The lowest BCUT2D eigenvalue weighted by molar-refractivity contribution is 0.923. The summed E-state index contributed by atoms with van der Waals surface area (Å²) in [6, 6.07) is 5.24. The van der Waals surface area contributed by atoms with Crippen LogP contribution in [0.1, 0.15) is 5.82 Å². The van der Waals surface area contributed by atoms with Crippen molar-refractivity contribution in [1.29, 1.82) is 0 Å². The lowest BCUT2D eigenvalue weighted by atomic mass is 10.2. The maximum absolute atomic E-state index is 6.15. The summed E-state index contributed by atoms with van der Waals surface area (Å²) in [4.78, 5) is 14.7. The lowest BCUT2D eigenvalue weighted by Gasteiger charge is -2.12. The second-order valence-corrected chi connectivity index (χ2v) is 4.87. The molecule has 0 saturated carbocycles. The molecule has 0 spiro atoms. The minimum Gasteiger partial charge on any atom is -0.347 e. The van der Waals surface area contributed by atoms with Gasteiger partial charge in [0.05, 0.1) is 5.02 Å². The normalized spacial score (nSPS) is 10.5. The molecule has 4 nitrogen and oxygen atoms in total. The van der Waals surface area contributed by atoms with Gasteiger partial charge in [0.25, 0.3) is 0 Å². The summed E-state index contributed by atoms with van der Waals surface area (Å²) in [6.07, 6.45) is 0. The van der Waals surface area contributed by atoms with Gasteiger partial charge in [0.15, 0.2) is 5.82 Å². The molecule has 6 heteroatoms. The van der Waals surface area contributed by atoms with E-state index in [4.69, 9.17) is 23.2 Å². The van der Waals surface area contributed by atoms with Gasteiger partial charge >= 0.3 is 0 Å². The second-order valence-electron chi connectivity index (χ2n) is 4.02. The number of hydrogen-bond acceptors (Lipinski definition) is 4. The molecule has 2 aromatic rings. The Morgan fingerprint density at radius 2 is 1.78 bits per heavy atom. The van der Waals surface area contributed by atoms with Crippen molar-refractivity contribution in [3.8, 4) is 11.4 Å². The summed E-state index contributed by atoms with van der Waals surface area (Å²) in [5.74, 6) is 1.80. The van der Waals surface area contributed by atoms with Gasteiger partial charge in [-0.25, -0.2) is 4.98 Å². The van der Waals surface area contributed by atoms with Crippen molar-refractivity contribution >= 4 is 29.2 Å². The summed E-state index contributed by atoms with van der Waals surface area (Å²) in [6.45, 7) is 1.82. The molecule has 0 aliphatic heterocycles. The van der Waals surface area contributed by atoms with Gasteiger partial charge in [-0.1, -0.05) is 23.2 Å². The Morgan fingerprint density at radius 3 is 2.39 bits per heavy atom. The van der Waals surface area contributed by atoms with E-state index < -0.39 is 0 Å². The number of nitrogens with zero attached hydrogens (tertiary/aromatic N) is 4. The van der Waals surface area contributed by atoms with Crippen molar-refractivity contribution in [2.75, 3.05) is 19.0 Å². The highest BCUT2D eigenvalue weighted by atomic mass is 35.5. The van der Waals surface area contributed by atoms with Crippen molar-refractivity contribution < 1.29 is 0 Å². The highest BCUT2D eigenvalue weighted by molar-refractivity contribution is 6.36. The van der Waals surface area contributed by atoms with Crippen molar-refractivity contribution in [3.63, 3.8) is 0 Å². The summed E-state index contributed by atoms with van der Waals surface area (Å²) in [5, 5.41) is 1.11. The number of hydrogen-bond donors (Lipinski definition) is 0. The zero-order valence-corrected chi connectivity index (χ0v) is 11.8. The van der Waals surface area contributed by atoms with Crippen LogP contribution in [-0.2, 0) is 0 Å². The topological polar surface area (TPSA) is 41.9 Å². The molecule has 94 valence electrons. The van der Waals surface area contributed by atoms with Crippen LogP contribution in [-0.4, -0.2) is 29.0 Å². The highest BCUT2D eigenvalue weighted by Crippen LogP contribution is 2.28. The largest absolute Gasteiger partial charge is 0.347 e. The fourth-order valence-corrected chi connectivity index (χ4v) is 1.95. The van der Waals surface area contributed by atoms with E-state index in [1.165, 1.54) is 0 Å². The molecular weight excluding hydrogens is 271 g/mol. The molecule has 0 aliphatic rings. The predicted molar refractivity (Wildman–Crippen MR) is 74.3 cm³/mol. The minimum atomic E-state index is 0.526. The molecule has 0 atom stereocenters. The van der Waals surface area contributed by atoms with Gasteiger partial charge < -0.3 is 4.90 Å². The van der Waals surface area contributed by atoms with Crippen LogP contribution in [0, 0.1) is 6.92 Å². The van der Waals surface area contributed by atoms with E-state index in [-0.39, 0.29) is 0 Å². The molecule has 0 radical (unpaired) electrons. The molecule has 0 saturated heterocycles. The quantitative estimate of drug-likeness (QED) is 0.848. The molecule has 0 N–H and O–H groups in total. The molecule has 1 heterocycles. The van der Waals surface area contributed by atoms with Crippen LogP contribution in [0.4, 0.5) is 5.95 Å². The predicted octanol–water partition coefficient (Wildman–Crippen LogP) is 3.22. The Bertz CT molecular complexity index is 584. The third-order valence-corrected chi connectivity index (χ3v) is 2.86. The van der Waals surface area contributed by atoms with E-state index in [0.29, 0.717) is 27.6 Å². The zero-order chi connectivity index (χ0) is 13.3. The van der Waals surface area contributed by atoms with E-state index in [1.807, 2.05) is 25.9 Å². The van der Waals surface area contributed by atoms with Gasteiger partial charge in [0, 0.05) is 24.7 Å². The number of aromatic nitrogens is 3.